The van der Waals surface area contributed by atoms with Gasteiger partial charge in [0, 0.05) is 17.3 Å². The highest BCUT2D eigenvalue weighted by atomic mass is 19.1. The second-order valence-electron chi connectivity index (χ2n) is 8.10. The van der Waals surface area contributed by atoms with Gasteiger partial charge in [0.2, 0.25) is 0 Å². The molecule has 0 bridgehead atoms. The molecule has 0 fully saturated rings. The van der Waals surface area contributed by atoms with E-state index in [0.717, 1.165) is 5.56 Å². The third kappa shape index (κ3) is 3.79. The summed E-state index contributed by atoms with van der Waals surface area (Å²) in [4.78, 5) is 18.2. The van der Waals surface area contributed by atoms with Crippen LogP contribution in [-0.4, -0.2) is 40.9 Å². The molecular formula is C24H21FN8O. The number of carbonyl (C=O) groups excluding carboxylic acids is 1. The first-order valence-corrected chi connectivity index (χ1v) is 10.7. The molecular weight excluding hydrogens is 435 g/mol. The van der Waals surface area contributed by atoms with Crippen LogP contribution in [0.1, 0.15) is 36.1 Å². The Morgan fingerprint density at radius 2 is 1.88 bits per heavy atom. The minimum Gasteiger partial charge on any atom is -0.322 e. The SMILES string of the molecule is Cc1nnnn1-c1cc(NC(=O)c2cc(-c3ccccc3)nc3c2cnn3C(C)C)ccc1F. The first-order chi connectivity index (χ1) is 16.4. The van der Waals surface area contributed by atoms with Crippen molar-refractivity contribution in [2.45, 2.75) is 26.8 Å². The van der Waals surface area contributed by atoms with Crippen LogP contribution >= 0.6 is 0 Å². The zero-order valence-electron chi connectivity index (χ0n) is 18.8. The molecule has 0 saturated heterocycles. The summed E-state index contributed by atoms with van der Waals surface area (Å²) < 4.78 is 17.5. The summed E-state index contributed by atoms with van der Waals surface area (Å²) in [6.07, 6.45) is 1.65. The molecule has 0 aliphatic heterocycles. The van der Waals surface area contributed by atoms with Gasteiger partial charge in [-0.15, -0.1) is 5.10 Å². The maximum atomic E-state index is 14.5. The lowest BCUT2D eigenvalue weighted by Crippen LogP contribution is -2.14. The lowest BCUT2D eigenvalue weighted by atomic mass is 10.1. The molecule has 10 heteroatoms. The van der Waals surface area contributed by atoms with Gasteiger partial charge in [-0.05, 0) is 55.5 Å². The molecule has 0 spiro atoms. The number of tetrazole rings is 1. The van der Waals surface area contributed by atoms with Gasteiger partial charge in [-0.25, -0.2) is 14.1 Å². The topological polar surface area (TPSA) is 103 Å². The number of fused-ring (bicyclic) bond motifs is 1. The molecule has 170 valence electrons. The Labute approximate surface area is 194 Å². The van der Waals surface area contributed by atoms with Crippen LogP contribution in [0, 0.1) is 12.7 Å². The number of nitrogens with one attached hydrogen (secondary N) is 1. The van der Waals surface area contributed by atoms with E-state index in [2.05, 4.69) is 25.9 Å². The van der Waals surface area contributed by atoms with Crippen LogP contribution in [0.2, 0.25) is 0 Å². The Kier molecular flexibility index (Phi) is 5.33. The Balaban J connectivity index is 1.58. The zero-order valence-corrected chi connectivity index (χ0v) is 18.8. The lowest BCUT2D eigenvalue weighted by Gasteiger charge is -2.12. The number of anilines is 1. The Bertz CT molecular complexity index is 1510. The maximum absolute atomic E-state index is 14.5. The Morgan fingerprint density at radius 3 is 2.59 bits per heavy atom. The zero-order chi connectivity index (χ0) is 23.8. The third-order valence-electron chi connectivity index (χ3n) is 5.43. The van der Waals surface area contributed by atoms with Crippen LogP contribution in [0.25, 0.3) is 28.0 Å². The molecule has 34 heavy (non-hydrogen) atoms. The average Bonchev–Trinajstić information content (AvgIpc) is 3.46. The van der Waals surface area contributed by atoms with Crippen molar-refractivity contribution in [1.82, 2.24) is 35.0 Å². The minimum absolute atomic E-state index is 0.0612. The van der Waals surface area contributed by atoms with Crippen molar-refractivity contribution in [2.24, 2.45) is 0 Å². The van der Waals surface area contributed by atoms with E-state index in [9.17, 15) is 9.18 Å². The number of nitrogens with zero attached hydrogens (tertiary/aromatic N) is 7. The fourth-order valence-electron chi connectivity index (χ4n) is 3.75. The van der Waals surface area contributed by atoms with E-state index in [1.165, 1.54) is 22.9 Å². The molecule has 0 saturated carbocycles. The summed E-state index contributed by atoms with van der Waals surface area (Å²) in [5, 5.41) is 19.1. The minimum atomic E-state index is -0.510. The predicted molar refractivity (Wildman–Crippen MR) is 125 cm³/mol. The number of pyridine rings is 1. The summed E-state index contributed by atoms with van der Waals surface area (Å²) in [7, 11) is 0. The number of rotatable bonds is 5. The van der Waals surface area contributed by atoms with Crippen molar-refractivity contribution in [2.75, 3.05) is 5.32 Å². The van der Waals surface area contributed by atoms with Crippen molar-refractivity contribution in [3.05, 3.63) is 78.0 Å². The van der Waals surface area contributed by atoms with Crippen LogP contribution in [-0.2, 0) is 0 Å². The Hall–Kier alpha value is -4.47. The summed E-state index contributed by atoms with van der Waals surface area (Å²) in [5.74, 6) is -0.449. The molecule has 2 aromatic carbocycles. The highest BCUT2D eigenvalue weighted by Gasteiger charge is 2.19. The molecule has 0 radical (unpaired) electrons. The molecule has 1 N–H and O–H groups in total. The molecule has 9 nitrogen and oxygen atoms in total. The summed E-state index contributed by atoms with van der Waals surface area (Å²) in [5.41, 5.74) is 3.11. The van der Waals surface area contributed by atoms with Gasteiger partial charge >= 0.3 is 0 Å². The van der Waals surface area contributed by atoms with Crippen molar-refractivity contribution in [3.8, 4) is 16.9 Å². The van der Waals surface area contributed by atoms with E-state index in [1.807, 2.05) is 44.2 Å². The van der Waals surface area contributed by atoms with Crippen molar-refractivity contribution >= 4 is 22.6 Å². The molecule has 0 aliphatic carbocycles. The van der Waals surface area contributed by atoms with Crippen molar-refractivity contribution < 1.29 is 9.18 Å². The number of carbonyl (C=O) groups is 1. The van der Waals surface area contributed by atoms with Gasteiger partial charge in [-0.1, -0.05) is 30.3 Å². The normalized spacial score (nSPS) is 11.3. The Morgan fingerprint density at radius 1 is 1.09 bits per heavy atom. The van der Waals surface area contributed by atoms with E-state index < -0.39 is 5.82 Å². The van der Waals surface area contributed by atoms with Gasteiger partial charge in [0.15, 0.2) is 11.5 Å². The number of aryl methyl sites for hydroxylation is 1. The number of hydrogen-bond donors (Lipinski definition) is 1. The molecule has 0 unspecified atom stereocenters. The molecule has 5 rings (SSSR count). The van der Waals surface area contributed by atoms with Crippen molar-refractivity contribution in [1.29, 1.82) is 0 Å². The summed E-state index contributed by atoms with van der Waals surface area (Å²) >= 11 is 0. The van der Waals surface area contributed by atoms with Crippen LogP contribution < -0.4 is 5.32 Å². The van der Waals surface area contributed by atoms with Gasteiger partial charge in [-0.2, -0.15) is 9.78 Å². The van der Waals surface area contributed by atoms with Gasteiger partial charge < -0.3 is 5.32 Å². The number of amides is 1. The lowest BCUT2D eigenvalue weighted by molar-refractivity contribution is 0.102. The predicted octanol–water partition coefficient (Wildman–Crippen LogP) is 4.35. The van der Waals surface area contributed by atoms with Crippen LogP contribution in [0.15, 0.2) is 60.8 Å². The second kappa shape index (κ2) is 8.47. The van der Waals surface area contributed by atoms with E-state index in [-0.39, 0.29) is 17.6 Å². The maximum Gasteiger partial charge on any atom is 0.256 e. The molecule has 0 atom stereocenters. The monoisotopic (exact) mass is 456 g/mol. The molecule has 1 amide bonds. The van der Waals surface area contributed by atoms with Crippen LogP contribution in [0.3, 0.4) is 0 Å². The second-order valence-corrected chi connectivity index (χ2v) is 8.10. The number of halogens is 1. The van der Waals surface area contributed by atoms with E-state index >= 15 is 0 Å². The molecule has 5 aromatic rings. The highest BCUT2D eigenvalue weighted by Crippen LogP contribution is 2.27. The molecule has 0 aliphatic rings. The molecule has 3 heterocycles. The van der Waals surface area contributed by atoms with Crippen LogP contribution in [0.5, 0.6) is 0 Å². The molecule has 3 aromatic heterocycles. The average molecular weight is 456 g/mol. The van der Waals surface area contributed by atoms with Gasteiger partial charge in [0.05, 0.1) is 22.8 Å². The van der Waals surface area contributed by atoms with Gasteiger partial charge in [0.25, 0.3) is 5.91 Å². The van der Waals surface area contributed by atoms with E-state index in [0.29, 0.717) is 33.8 Å². The fraction of sp³-hybridized carbons (Fsp3) is 0.167. The quantitative estimate of drug-likeness (QED) is 0.422. The first kappa shape index (κ1) is 21.4. The number of aromatic nitrogens is 7. The summed E-state index contributed by atoms with van der Waals surface area (Å²) in [6, 6.07) is 15.7. The van der Waals surface area contributed by atoms with E-state index in [4.69, 9.17) is 4.98 Å². The smallest absolute Gasteiger partial charge is 0.256 e. The number of benzene rings is 2. The van der Waals surface area contributed by atoms with E-state index in [1.54, 1.807) is 23.9 Å². The largest absolute Gasteiger partial charge is 0.322 e. The van der Waals surface area contributed by atoms with Crippen LogP contribution in [0.4, 0.5) is 10.1 Å². The van der Waals surface area contributed by atoms with Crippen molar-refractivity contribution in [3.63, 3.8) is 0 Å². The third-order valence-corrected chi connectivity index (χ3v) is 5.43. The standard InChI is InChI=1S/C24H21FN8O/c1-14(2)32-23-19(13-26-32)18(12-21(28-23)16-7-5-4-6-8-16)24(34)27-17-9-10-20(25)22(11-17)33-15(3)29-30-31-33/h4-14H,1-3H3,(H,27,34). The fourth-order valence-corrected chi connectivity index (χ4v) is 3.75. The van der Waals surface area contributed by atoms with Gasteiger partial charge in [-0.3, -0.25) is 4.79 Å². The summed E-state index contributed by atoms with van der Waals surface area (Å²) in [6.45, 7) is 5.67. The highest BCUT2D eigenvalue weighted by molar-refractivity contribution is 6.12. The number of hydrogen-bond acceptors (Lipinski definition) is 6. The first-order valence-electron chi connectivity index (χ1n) is 10.7. The van der Waals surface area contributed by atoms with Gasteiger partial charge in [0.1, 0.15) is 11.5 Å².